The second-order valence-corrected chi connectivity index (χ2v) is 8.62. The number of carbonyl (C=O) groups excluding carboxylic acids is 1. The highest BCUT2D eigenvalue weighted by atomic mass is 35.5. The van der Waals surface area contributed by atoms with Gasteiger partial charge in [-0.25, -0.2) is 9.37 Å². The van der Waals surface area contributed by atoms with E-state index in [-0.39, 0.29) is 10.7 Å². The molecule has 1 aliphatic heterocycles. The number of hydrogen-bond donors (Lipinski definition) is 1. The standard InChI is InChI=1S/C16H14ClFN4O2S3/c1-25-7-5-22-14(9-13(21-27(22)24)16-19-4-6-26-16)15(23)20-10-2-3-12(18)11(17)8-10/h2-4,6,8-9H,5,7H2,1H3,(H,20,23). The third kappa shape index (κ3) is 4.82. The van der Waals surface area contributed by atoms with Gasteiger partial charge in [0.2, 0.25) is 11.5 Å². The molecule has 1 unspecified atom stereocenters. The molecule has 0 saturated heterocycles. The molecule has 1 aliphatic rings. The fourth-order valence-corrected chi connectivity index (χ4v) is 4.49. The van der Waals surface area contributed by atoms with Crippen molar-refractivity contribution >= 4 is 63.6 Å². The number of rotatable bonds is 6. The van der Waals surface area contributed by atoms with Gasteiger partial charge in [-0.2, -0.15) is 16.1 Å². The van der Waals surface area contributed by atoms with Crippen LogP contribution in [0, 0.1) is 5.82 Å². The number of thioether (sulfide) groups is 1. The average Bonchev–Trinajstić information content (AvgIpc) is 3.18. The first-order chi connectivity index (χ1) is 13.0. The summed E-state index contributed by atoms with van der Waals surface area (Å²) in [5, 5.41) is 4.91. The smallest absolute Gasteiger partial charge is 0.276 e. The van der Waals surface area contributed by atoms with Gasteiger partial charge in [-0.15, -0.1) is 11.3 Å². The molecule has 6 nitrogen and oxygen atoms in total. The zero-order chi connectivity index (χ0) is 19.4. The monoisotopic (exact) mass is 444 g/mol. The van der Waals surface area contributed by atoms with Crippen LogP contribution in [0.2, 0.25) is 5.02 Å². The summed E-state index contributed by atoms with van der Waals surface area (Å²) in [4.78, 5) is 17.0. The van der Waals surface area contributed by atoms with Crippen molar-refractivity contribution < 1.29 is 13.7 Å². The van der Waals surface area contributed by atoms with Gasteiger partial charge in [-0.05, 0) is 28.9 Å². The fraction of sp³-hybridized carbons (Fsp3) is 0.188. The third-order valence-corrected chi connectivity index (χ3v) is 6.25. The number of benzene rings is 1. The number of amides is 1. The molecule has 1 amide bonds. The van der Waals surface area contributed by atoms with E-state index in [4.69, 9.17) is 11.6 Å². The van der Waals surface area contributed by atoms with Crippen LogP contribution in [0.4, 0.5) is 10.1 Å². The summed E-state index contributed by atoms with van der Waals surface area (Å²) in [5.74, 6) is -0.399. The van der Waals surface area contributed by atoms with Crippen LogP contribution in [0.25, 0.3) is 0 Å². The van der Waals surface area contributed by atoms with Crippen LogP contribution in [0.15, 0.2) is 45.9 Å². The number of allylic oxidation sites excluding steroid dienone is 1. The second kappa shape index (κ2) is 9.07. The highest BCUT2D eigenvalue weighted by Crippen LogP contribution is 2.25. The Labute approximate surface area is 172 Å². The van der Waals surface area contributed by atoms with Gasteiger partial charge in [0.05, 0.1) is 11.6 Å². The molecule has 142 valence electrons. The van der Waals surface area contributed by atoms with Crippen LogP contribution in [0.3, 0.4) is 0 Å². The molecule has 2 aromatic rings. The third-order valence-electron chi connectivity index (χ3n) is 3.47. The summed E-state index contributed by atoms with van der Waals surface area (Å²) in [5.41, 5.74) is 0.912. The van der Waals surface area contributed by atoms with Crippen molar-refractivity contribution in [2.75, 3.05) is 23.9 Å². The van der Waals surface area contributed by atoms with E-state index < -0.39 is 23.3 Å². The molecule has 1 aromatic carbocycles. The van der Waals surface area contributed by atoms with Gasteiger partial charge in [-0.1, -0.05) is 11.6 Å². The van der Waals surface area contributed by atoms with E-state index >= 15 is 0 Å². The maximum absolute atomic E-state index is 13.3. The topological polar surface area (TPSA) is 80.7 Å². The van der Waals surface area contributed by atoms with Gasteiger partial charge in [0, 0.05) is 29.1 Å². The van der Waals surface area contributed by atoms with Gasteiger partial charge in [-0.3, -0.25) is 4.79 Å². The fourth-order valence-electron chi connectivity index (χ4n) is 2.22. The Hall–Kier alpha value is -1.59. The molecule has 1 atom stereocenters. The molecule has 11 heteroatoms. The number of halogens is 2. The minimum atomic E-state index is -1.75. The van der Waals surface area contributed by atoms with Crippen molar-refractivity contribution in [3.63, 3.8) is 0 Å². The van der Waals surface area contributed by atoms with Crippen molar-refractivity contribution in [3.05, 3.63) is 57.4 Å². The Morgan fingerprint density at radius 3 is 3.00 bits per heavy atom. The average molecular weight is 445 g/mol. The Morgan fingerprint density at radius 1 is 1.52 bits per heavy atom. The first-order valence-electron chi connectivity index (χ1n) is 7.64. The summed E-state index contributed by atoms with van der Waals surface area (Å²) in [6, 6.07) is 3.89. The number of anilines is 1. The zero-order valence-electron chi connectivity index (χ0n) is 14.0. The molecule has 1 aromatic heterocycles. The van der Waals surface area contributed by atoms with Gasteiger partial charge in [0.15, 0.2) is 11.4 Å². The molecular weight excluding hydrogens is 431 g/mol. The first-order valence-corrected chi connectivity index (χ1v) is 11.4. The van der Waals surface area contributed by atoms with Crippen molar-refractivity contribution in [2.24, 2.45) is 4.40 Å². The van der Waals surface area contributed by atoms with E-state index in [1.165, 1.54) is 33.8 Å². The van der Waals surface area contributed by atoms with Gasteiger partial charge >= 0.3 is 0 Å². The number of thiazole rings is 1. The number of carbonyl (C=O) groups is 1. The Balaban J connectivity index is 1.89. The second-order valence-electron chi connectivity index (χ2n) is 5.25. The number of hydrogen-bond acceptors (Lipinski definition) is 7. The number of aromatic nitrogens is 1. The Kier molecular flexibility index (Phi) is 6.77. The lowest BCUT2D eigenvalue weighted by Gasteiger charge is -2.26. The largest absolute Gasteiger partial charge is 0.566 e. The van der Waals surface area contributed by atoms with Crippen LogP contribution in [0.5, 0.6) is 0 Å². The van der Waals surface area contributed by atoms with Crippen LogP contribution in [0.1, 0.15) is 5.01 Å². The quantitative estimate of drug-likeness (QED) is 0.689. The lowest BCUT2D eigenvalue weighted by molar-refractivity contribution is -0.113. The molecule has 0 saturated carbocycles. The van der Waals surface area contributed by atoms with E-state index in [0.29, 0.717) is 28.7 Å². The van der Waals surface area contributed by atoms with Crippen molar-refractivity contribution in [2.45, 2.75) is 0 Å². The normalized spacial score (nSPS) is 16.7. The molecule has 0 radical (unpaired) electrons. The molecule has 0 spiro atoms. The Morgan fingerprint density at radius 2 is 2.33 bits per heavy atom. The molecule has 2 heterocycles. The SMILES string of the molecule is CSCCN1C(C(=O)Nc2ccc(F)c(Cl)c2)=CC(c2nccs2)=N[S+]1[O-]. The van der Waals surface area contributed by atoms with E-state index in [1.807, 2.05) is 6.26 Å². The van der Waals surface area contributed by atoms with Crippen molar-refractivity contribution in [3.8, 4) is 0 Å². The minimum Gasteiger partial charge on any atom is -0.566 e. The first kappa shape index (κ1) is 20.2. The lowest BCUT2D eigenvalue weighted by Crippen LogP contribution is -2.39. The number of nitrogens with zero attached hydrogens (tertiary/aromatic N) is 3. The van der Waals surface area contributed by atoms with Crippen LogP contribution >= 0.6 is 34.7 Å². The zero-order valence-corrected chi connectivity index (χ0v) is 17.2. The summed E-state index contributed by atoms with van der Waals surface area (Å²) in [6.45, 7) is 0.381. The van der Waals surface area contributed by atoms with Gasteiger partial charge in [0.25, 0.3) is 5.91 Å². The summed E-state index contributed by atoms with van der Waals surface area (Å²) in [7, 11) is 0. The van der Waals surface area contributed by atoms with Crippen LogP contribution in [-0.2, 0) is 16.3 Å². The molecule has 1 N–H and O–H groups in total. The maximum Gasteiger partial charge on any atom is 0.276 e. The summed E-state index contributed by atoms with van der Waals surface area (Å²) in [6.07, 6.45) is 5.09. The lowest BCUT2D eigenvalue weighted by atomic mass is 10.2. The van der Waals surface area contributed by atoms with Crippen LogP contribution in [-0.4, -0.2) is 44.0 Å². The van der Waals surface area contributed by atoms with E-state index in [1.54, 1.807) is 29.4 Å². The number of nitrogens with one attached hydrogen (secondary N) is 1. The predicted octanol–water partition coefficient (Wildman–Crippen LogP) is 3.50. The van der Waals surface area contributed by atoms with E-state index in [0.717, 1.165) is 0 Å². The van der Waals surface area contributed by atoms with Gasteiger partial charge in [0.1, 0.15) is 10.8 Å². The molecular formula is C16H14ClFN4O2S3. The molecule has 3 rings (SSSR count). The predicted molar refractivity (Wildman–Crippen MR) is 110 cm³/mol. The molecule has 0 fully saturated rings. The maximum atomic E-state index is 13.3. The van der Waals surface area contributed by atoms with Crippen LogP contribution < -0.4 is 5.32 Å². The van der Waals surface area contributed by atoms with E-state index in [2.05, 4.69) is 14.7 Å². The molecule has 27 heavy (non-hydrogen) atoms. The minimum absolute atomic E-state index is 0.0988. The van der Waals surface area contributed by atoms with Crippen molar-refractivity contribution in [1.82, 2.24) is 9.29 Å². The highest BCUT2D eigenvalue weighted by Gasteiger charge is 2.33. The van der Waals surface area contributed by atoms with E-state index in [9.17, 15) is 13.7 Å². The summed E-state index contributed by atoms with van der Waals surface area (Å²) >= 11 is 6.92. The molecule has 0 bridgehead atoms. The molecule has 0 aliphatic carbocycles. The Bertz CT molecular complexity index is 892. The summed E-state index contributed by atoms with van der Waals surface area (Å²) < 4.78 is 31.5. The van der Waals surface area contributed by atoms with Gasteiger partial charge < -0.3 is 9.87 Å². The van der Waals surface area contributed by atoms with Crippen molar-refractivity contribution in [1.29, 1.82) is 0 Å². The highest BCUT2D eigenvalue weighted by molar-refractivity contribution is 7.98.